The summed E-state index contributed by atoms with van der Waals surface area (Å²) in [5, 5.41) is 0. The summed E-state index contributed by atoms with van der Waals surface area (Å²) in [6.45, 7) is 0. The Bertz CT molecular complexity index is 832. The third kappa shape index (κ3) is 5.43. The molecule has 0 N–H and O–H groups in total. The van der Waals surface area contributed by atoms with E-state index in [1.165, 1.54) is 22.3 Å². The summed E-state index contributed by atoms with van der Waals surface area (Å²) in [6.07, 6.45) is 0. The quantitative estimate of drug-likeness (QED) is 0.148. The first-order valence-corrected chi connectivity index (χ1v) is 11.9. The Morgan fingerprint density at radius 2 is 0.600 bits per heavy atom. The second-order valence-electron chi connectivity index (χ2n) is 6.91. The summed E-state index contributed by atoms with van der Waals surface area (Å²) in [4.78, 5) is 0. The lowest BCUT2D eigenvalue weighted by Crippen LogP contribution is -2.19. The highest BCUT2D eigenvalue weighted by Crippen LogP contribution is 2.25. The Hall–Kier alpha value is -2.77. The molecule has 0 fully saturated rings. The first-order valence-electron chi connectivity index (χ1n) is 9.95. The fourth-order valence-electron chi connectivity index (χ4n) is 3.38. The highest BCUT2D eigenvalue weighted by atomic mass is 28.2. The van der Waals surface area contributed by atoms with Crippen molar-refractivity contribution in [2.24, 2.45) is 0 Å². The standard InChI is InChI=1S/C26H22O2Si2/c1-5-13-21(14-6-1)25(22-15-7-2-8-16-22)29-27-28-30-26(23-17-9-3-10-18-23)24-19-11-4-12-20-24/h1-20,25-26H. The minimum Gasteiger partial charge on any atom is -0.298 e. The van der Waals surface area contributed by atoms with Crippen molar-refractivity contribution >= 4 is 19.5 Å². The van der Waals surface area contributed by atoms with Gasteiger partial charge in [-0.1, -0.05) is 121 Å². The van der Waals surface area contributed by atoms with Gasteiger partial charge in [0.2, 0.25) is 0 Å². The highest BCUT2D eigenvalue weighted by Gasteiger charge is 2.20. The molecule has 0 saturated heterocycles. The molecule has 0 atom stereocenters. The summed E-state index contributed by atoms with van der Waals surface area (Å²) >= 11 is 0. The molecule has 0 saturated carbocycles. The molecule has 146 valence electrons. The van der Waals surface area contributed by atoms with E-state index in [4.69, 9.17) is 9.15 Å². The van der Waals surface area contributed by atoms with E-state index in [-0.39, 0.29) is 30.6 Å². The fraction of sp³-hybridized carbons (Fsp3) is 0.0769. The highest BCUT2D eigenvalue weighted by molar-refractivity contribution is 6.34. The van der Waals surface area contributed by atoms with Crippen LogP contribution in [0.15, 0.2) is 121 Å². The molecule has 0 unspecified atom stereocenters. The normalized spacial score (nSPS) is 11.1. The van der Waals surface area contributed by atoms with E-state index in [9.17, 15) is 0 Å². The van der Waals surface area contributed by atoms with E-state index in [2.05, 4.69) is 97.1 Å². The lowest BCUT2D eigenvalue weighted by Gasteiger charge is -2.19. The van der Waals surface area contributed by atoms with E-state index < -0.39 is 0 Å². The summed E-state index contributed by atoms with van der Waals surface area (Å²) in [5.41, 5.74) is 5.25. The van der Waals surface area contributed by atoms with Crippen LogP contribution >= 0.6 is 0 Å². The van der Waals surface area contributed by atoms with Crippen LogP contribution in [0.25, 0.3) is 0 Å². The minimum atomic E-state index is 0.157. The first kappa shape index (κ1) is 20.5. The molecule has 0 aliphatic carbocycles. The third-order valence-corrected chi connectivity index (χ3v) is 7.24. The molecule has 4 rings (SSSR count). The van der Waals surface area contributed by atoms with Gasteiger partial charge in [-0.15, -0.1) is 0 Å². The average molecular weight is 423 g/mol. The number of benzene rings is 4. The first-order chi connectivity index (χ1) is 14.9. The summed E-state index contributed by atoms with van der Waals surface area (Å²) in [7, 11) is 0.356. The molecule has 0 aliphatic heterocycles. The van der Waals surface area contributed by atoms with Crippen molar-refractivity contribution < 1.29 is 9.15 Å². The van der Waals surface area contributed by atoms with Crippen LogP contribution in [0.3, 0.4) is 0 Å². The summed E-state index contributed by atoms with van der Waals surface area (Å²) < 4.78 is 11.6. The van der Waals surface area contributed by atoms with Gasteiger partial charge < -0.3 is 0 Å². The van der Waals surface area contributed by atoms with E-state index in [1.807, 2.05) is 24.3 Å². The van der Waals surface area contributed by atoms with Gasteiger partial charge in [-0.05, 0) is 22.3 Å². The van der Waals surface area contributed by atoms with Crippen LogP contribution in [-0.4, -0.2) is 19.5 Å². The zero-order chi connectivity index (χ0) is 20.4. The van der Waals surface area contributed by atoms with Gasteiger partial charge in [0.25, 0.3) is 19.5 Å². The topological polar surface area (TPSA) is 18.5 Å². The van der Waals surface area contributed by atoms with Gasteiger partial charge in [0, 0.05) is 11.1 Å². The van der Waals surface area contributed by atoms with E-state index in [0.717, 1.165) is 0 Å². The predicted octanol–water partition coefficient (Wildman–Crippen LogP) is 5.75. The molecule has 2 nitrogen and oxygen atoms in total. The molecule has 4 heteroatoms. The van der Waals surface area contributed by atoms with E-state index in [0.29, 0.717) is 0 Å². The van der Waals surface area contributed by atoms with Gasteiger partial charge in [-0.2, -0.15) is 0 Å². The van der Waals surface area contributed by atoms with Crippen molar-refractivity contribution in [1.82, 2.24) is 0 Å². The third-order valence-electron chi connectivity index (χ3n) is 4.91. The zero-order valence-electron chi connectivity index (χ0n) is 16.5. The smallest absolute Gasteiger partial charge is 0.294 e. The van der Waals surface area contributed by atoms with Crippen molar-refractivity contribution in [2.75, 3.05) is 0 Å². The average Bonchev–Trinajstić information content (AvgIpc) is 2.84. The van der Waals surface area contributed by atoms with Gasteiger partial charge >= 0.3 is 0 Å². The summed E-state index contributed by atoms with van der Waals surface area (Å²) in [5.74, 6) is 0. The molecule has 0 aliphatic rings. The van der Waals surface area contributed by atoms with E-state index in [1.54, 1.807) is 0 Å². The Balaban J connectivity index is 1.45. The Labute approximate surface area is 183 Å². The molecule has 0 aromatic heterocycles. The second-order valence-corrected chi connectivity index (χ2v) is 8.87. The van der Waals surface area contributed by atoms with Gasteiger partial charge in [0.05, 0.1) is 0 Å². The Morgan fingerprint density at radius 3 is 0.833 bits per heavy atom. The van der Waals surface area contributed by atoms with Crippen molar-refractivity contribution in [3.05, 3.63) is 144 Å². The van der Waals surface area contributed by atoms with Gasteiger partial charge in [0.15, 0.2) is 0 Å². The van der Waals surface area contributed by atoms with Gasteiger partial charge in [-0.3, -0.25) is 9.15 Å². The fourth-order valence-corrected chi connectivity index (χ4v) is 5.27. The van der Waals surface area contributed by atoms with Gasteiger partial charge in [-0.25, -0.2) is 0 Å². The molecular formula is C26H22O2Si2. The molecule has 0 bridgehead atoms. The lowest BCUT2D eigenvalue weighted by molar-refractivity contribution is -0.101. The van der Waals surface area contributed by atoms with Crippen molar-refractivity contribution in [3.8, 4) is 0 Å². The number of hydrogen-bond donors (Lipinski definition) is 0. The Kier molecular flexibility index (Phi) is 7.42. The maximum absolute atomic E-state index is 5.82. The second kappa shape index (κ2) is 10.9. The molecule has 4 aromatic carbocycles. The predicted molar refractivity (Wildman–Crippen MR) is 123 cm³/mol. The van der Waals surface area contributed by atoms with Crippen molar-refractivity contribution in [2.45, 2.75) is 11.1 Å². The van der Waals surface area contributed by atoms with Crippen LogP contribution in [0.4, 0.5) is 0 Å². The lowest BCUT2D eigenvalue weighted by atomic mass is 10.0. The van der Waals surface area contributed by atoms with Crippen LogP contribution < -0.4 is 0 Å². The van der Waals surface area contributed by atoms with Crippen LogP contribution in [0, 0.1) is 0 Å². The largest absolute Gasteiger partial charge is 0.298 e. The molecule has 4 aromatic rings. The number of hydrogen-bond acceptors (Lipinski definition) is 2. The maximum Gasteiger partial charge on any atom is 0.294 e. The van der Waals surface area contributed by atoms with Crippen LogP contribution in [0.2, 0.25) is 0 Å². The van der Waals surface area contributed by atoms with Crippen LogP contribution in [-0.2, 0) is 9.15 Å². The molecule has 30 heavy (non-hydrogen) atoms. The SMILES string of the molecule is c1ccc(C([Si]OO[Si]C(c2ccccc2)c2ccccc2)c2ccccc2)cc1. The molecule has 0 heterocycles. The molecular weight excluding hydrogens is 400 g/mol. The van der Waals surface area contributed by atoms with Gasteiger partial charge in [0.1, 0.15) is 0 Å². The summed E-state index contributed by atoms with van der Waals surface area (Å²) in [6, 6.07) is 41.9. The number of rotatable bonds is 9. The zero-order valence-corrected chi connectivity index (χ0v) is 18.5. The maximum atomic E-state index is 5.82. The van der Waals surface area contributed by atoms with Crippen molar-refractivity contribution in [1.29, 1.82) is 0 Å². The monoisotopic (exact) mass is 422 g/mol. The molecule has 0 spiro atoms. The van der Waals surface area contributed by atoms with E-state index >= 15 is 0 Å². The van der Waals surface area contributed by atoms with Crippen LogP contribution in [0.5, 0.6) is 0 Å². The molecule has 4 radical (unpaired) electrons. The Morgan fingerprint density at radius 1 is 0.367 bits per heavy atom. The van der Waals surface area contributed by atoms with Crippen LogP contribution in [0.1, 0.15) is 33.3 Å². The molecule has 0 amide bonds. The minimum absolute atomic E-state index is 0.157. The van der Waals surface area contributed by atoms with Crippen molar-refractivity contribution in [3.63, 3.8) is 0 Å².